The molecule has 0 unspecified atom stereocenters. The summed E-state index contributed by atoms with van der Waals surface area (Å²) in [6, 6.07) is 5.29. The first kappa shape index (κ1) is 20.4. The first-order valence-electron chi connectivity index (χ1n) is 8.80. The molecule has 0 saturated carbocycles. The van der Waals surface area contributed by atoms with Crippen LogP contribution in [-0.4, -0.2) is 31.5 Å². The fourth-order valence-corrected chi connectivity index (χ4v) is 2.30. The number of aromatic nitrogens is 5. The van der Waals surface area contributed by atoms with Gasteiger partial charge in [-0.25, -0.2) is 24.9 Å². The first-order valence-corrected chi connectivity index (χ1v) is 8.80. The molecule has 0 bridgehead atoms. The van der Waals surface area contributed by atoms with E-state index >= 15 is 0 Å². The van der Waals surface area contributed by atoms with E-state index in [1.807, 2.05) is 0 Å². The largest absolute Gasteiger partial charge is 0.433 e. The predicted octanol–water partition coefficient (Wildman–Crippen LogP) is 4.55. The maximum atomic E-state index is 13.0. The molecule has 0 aliphatic carbocycles. The van der Waals surface area contributed by atoms with Crippen LogP contribution in [-0.2, 0) is 6.18 Å². The van der Waals surface area contributed by atoms with Gasteiger partial charge >= 0.3 is 6.18 Å². The van der Waals surface area contributed by atoms with Gasteiger partial charge in [-0.1, -0.05) is 26.8 Å². The standard InChI is InChI=1S/C19H20F3N7/c1-18(2,3)10-25-15-7-16(26-12-8-23-11-24-9-12)29-17(28-15)13-5-4-6-14(27-13)19(20,21)22/h4-9,11H,10H2,1-3H3,(H2,25,26,28,29). The highest BCUT2D eigenvalue weighted by Crippen LogP contribution is 2.29. The number of anilines is 3. The van der Waals surface area contributed by atoms with Crippen LogP contribution in [0.15, 0.2) is 43.0 Å². The normalized spacial score (nSPS) is 11.9. The predicted molar refractivity (Wildman–Crippen MR) is 104 cm³/mol. The molecule has 3 aromatic heterocycles. The molecule has 7 nitrogen and oxygen atoms in total. The van der Waals surface area contributed by atoms with Crippen LogP contribution in [0.5, 0.6) is 0 Å². The smallest absolute Gasteiger partial charge is 0.369 e. The molecule has 152 valence electrons. The van der Waals surface area contributed by atoms with Gasteiger partial charge in [0.05, 0.1) is 18.1 Å². The van der Waals surface area contributed by atoms with E-state index in [1.165, 1.54) is 18.5 Å². The fraction of sp³-hybridized carbons (Fsp3) is 0.316. The van der Waals surface area contributed by atoms with Crippen LogP contribution < -0.4 is 10.6 Å². The third-order valence-corrected chi connectivity index (χ3v) is 3.63. The van der Waals surface area contributed by atoms with Gasteiger partial charge in [-0.05, 0) is 17.5 Å². The molecule has 0 spiro atoms. The van der Waals surface area contributed by atoms with Gasteiger partial charge in [0.1, 0.15) is 29.4 Å². The molecule has 0 amide bonds. The highest BCUT2D eigenvalue weighted by Gasteiger charge is 2.32. The van der Waals surface area contributed by atoms with Crippen LogP contribution in [0.3, 0.4) is 0 Å². The van der Waals surface area contributed by atoms with Crippen molar-refractivity contribution in [3.63, 3.8) is 0 Å². The molecule has 0 aliphatic heterocycles. The molecule has 0 saturated heterocycles. The summed E-state index contributed by atoms with van der Waals surface area (Å²) in [4.78, 5) is 20.2. The molecule has 0 aromatic carbocycles. The van der Waals surface area contributed by atoms with Crippen molar-refractivity contribution in [3.05, 3.63) is 48.7 Å². The van der Waals surface area contributed by atoms with Crippen LogP contribution in [0.2, 0.25) is 0 Å². The Bertz CT molecular complexity index is 970. The van der Waals surface area contributed by atoms with Gasteiger partial charge in [0.2, 0.25) is 0 Å². The lowest BCUT2D eigenvalue weighted by atomic mass is 9.97. The van der Waals surface area contributed by atoms with Gasteiger partial charge in [0.15, 0.2) is 5.82 Å². The second-order valence-electron chi connectivity index (χ2n) is 7.53. The Balaban J connectivity index is 2.00. The monoisotopic (exact) mass is 403 g/mol. The van der Waals surface area contributed by atoms with E-state index in [2.05, 4.69) is 56.3 Å². The lowest BCUT2D eigenvalue weighted by molar-refractivity contribution is -0.141. The average molecular weight is 403 g/mol. The first-order chi connectivity index (χ1) is 13.6. The molecule has 2 N–H and O–H groups in total. The molecule has 0 fully saturated rings. The Morgan fingerprint density at radius 3 is 2.28 bits per heavy atom. The summed E-state index contributed by atoms with van der Waals surface area (Å²) >= 11 is 0. The van der Waals surface area contributed by atoms with Crippen molar-refractivity contribution in [1.82, 2.24) is 24.9 Å². The van der Waals surface area contributed by atoms with Gasteiger partial charge in [0.25, 0.3) is 0 Å². The summed E-state index contributed by atoms with van der Waals surface area (Å²) in [6.07, 6.45) is -0.0564. The second kappa shape index (κ2) is 7.98. The van der Waals surface area contributed by atoms with Crippen LogP contribution >= 0.6 is 0 Å². The van der Waals surface area contributed by atoms with Crippen LogP contribution in [0.25, 0.3) is 11.5 Å². The van der Waals surface area contributed by atoms with E-state index < -0.39 is 11.9 Å². The van der Waals surface area contributed by atoms with Crippen molar-refractivity contribution >= 4 is 17.3 Å². The number of halogens is 3. The highest BCUT2D eigenvalue weighted by atomic mass is 19.4. The Morgan fingerprint density at radius 2 is 1.62 bits per heavy atom. The lowest BCUT2D eigenvalue weighted by Crippen LogP contribution is -2.20. The minimum Gasteiger partial charge on any atom is -0.369 e. The Morgan fingerprint density at radius 1 is 0.931 bits per heavy atom. The van der Waals surface area contributed by atoms with Crippen LogP contribution in [0.4, 0.5) is 30.5 Å². The van der Waals surface area contributed by atoms with Crippen LogP contribution in [0, 0.1) is 5.41 Å². The van der Waals surface area contributed by atoms with Crippen molar-refractivity contribution < 1.29 is 13.2 Å². The van der Waals surface area contributed by atoms with Gasteiger partial charge < -0.3 is 10.6 Å². The zero-order valence-corrected chi connectivity index (χ0v) is 16.1. The number of hydrogen-bond acceptors (Lipinski definition) is 7. The zero-order chi connectivity index (χ0) is 21.1. The molecule has 0 atom stereocenters. The summed E-state index contributed by atoms with van der Waals surface area (Å²) in [5.74, 6) is 0.901. The number of rotatable bonds is 5. The molecule has 3 aromatic rings. The zero-order valence-electron chi connectivity index (χ0n) is 16.1. The van der Waals surface area contributed by atoms with Crippen molar-refractivity contribution in [2.75, 3.05) is 17.2 Å². The van der Waals surface area contributed by atoms with E-state index in [1.54, 1.807) is 18.5 Å². The maximum absolute atomic E-state index is 13.0. The number of nitrogens with zero attached hydrogens (tertiary/aromatic N) is 5. The van der Waals surface area contributed by atoms with E-state index in [9.17, 15) is 13.2 Å². The van der Waals surface area contributed by atoms with E-state index in [0.717, 1.165) is 6.07 Å². The molecule has 0 aliphatic rings. The number of alkyl halides is 3. The molecular formula is C19H20F3N7. The summed E-state index contributed by atoms with van der Waals surface area (Å²) in [5.41, 5.74) is -0.430. The molecule has 3 heterocycles. The Hall–Kier alpha value is -3.30. The van der Waals surface area contributed by atoms with Crippen molar-refractivity contribution in [3.8, 4) is 11.5 Å². The minimum absolute atomic E-state index is 0.0200. The molecular weight excluding hydrogens is 383 g/mol. The summed E-state index contributed by atoms with van der Waals surface area (Å²) in [6.45, 7) is 6.76. The van der Waals surface area contributed by atoms with Crippen molar-refractivity contribution in [2.45, 2.75) is 26.9 Å². The van der Waals surface area contributed by atoms with E-state index in [0.29, 0.717) is 23.9 Å². The van der Waals surface area contributed by atoms with Crippen LogP contribution in [0.1, 0.15) is 26.5 Å². The van der Waals surface area contributed by atoms with Crippen molar-refractivity contribution in [2.24, 2.45) is 5.41 Å². The Labute approximate surface area is 165 Å². The van der Waals surface area contributed by atoms with E-state index in [-0.39, 0.29) is 16.9 Å². The number of pyridine rings is 1. The highest BCUT2D eigenvalue weighted by molar-refractivity contribution is 5.62. The average Bonchev–Trinajstić information content (AvgIpc) is 2.66. The fourth-order valence-electron chi connectivity index (χ4n) is 2.30. The Kier molecular flexibility index (Phi) is 5.62. The van der Waals surface area contributed by atoms with Gasteiger partial charge in [-0.3, -0.25) is 0 Å². The van der Waals surface area contributed by atoms with Gasteiger partial charge in [-0.15, -0.1) is 0 Å². The minimum atomic E-state index is -4.55. The topological polar surface area (TPSA) is 88.5 Å². The number of hydrogen-bond donors (Lipinski definition) is 2. The second-order valence-corrected chi connectivity index (χ2v) is 7.53. The summed E-state index contributed by atoms with van der Waals surface area (Å²) < 4.78 is 39.1. The summed E-state index contributed by atoms with van der Waals surface area (Å²) in [7, 11) is 0. The molecule has 29 heavy (non-hydrogen) atoms. The van der Waals surface area contributed by atoms with Gasteiger partial charge in [-0.2, -0.15) is 13.2 Å². The lowest BCUT2D eigenvalue weighted by Gasteiger charge is -2.19. The number of nitrogens with one attached hydrogen (secondary N) is 2. The molecule has 10 heteroatoms. The maximum Gasteiger partial charge on any atom is 0.433 e. The third-order valence-electron chi connectivity index (χ3n) is 3.63. The van der Waals surface area contributed by atoms with Crippen molar-refractivity contribution in [1.29, 1.82) is 0 Å². The van der Waals surface area contributed by atoms with E-state index in [4.69, 9.17) is 0 Å². The summed E-state index contributed by atoms with van der Waals surface area (Å²) in [5, 5.41) is 6.22. The SMILES string of the molecule is CC(C)(C)CNc1cc(Nc2cncnc2)nc(-c2cccc(C(F)(F)F)n2)n1. The third kappa shape index (κ3) is 5.84. The quantitative estimate of drug-likeness (QED) is 0.646. The van der Waals surface area contributed by atoms with Gasteiger partial charge in [0, 0.05) is 12.6 Å². The molecule has 3 rings (SSSR count). The molecule has 0 radical (unpaired) electrons.